The van der Waals surface area contributed by atoms with E-state index < -0.39 is 23.3 Å². The average molecular weight is 254 g/mol. The molecule has 0 saturated heterocycles. The van der Waals surface area contributed by atoms with Crippen molar-refractivity contribution >= 4 is 17.7 Å². The number of ketones is 1. The molecule has 2 atom stereocenters. The Hall–Kier alpha value is -1.19. The van der Waals surface area contributed by atoms with Crippen LogP contribution in [0.15, 0.2) is 0 Å². The molecule has 18 heavy (non-hydrogen) atoms. The molecule has 0 bridgehead atoms. The van der Waals surface area contributed by atoms with Gasteiger partial charge in [-0.05, 0) is 12.8 Å². The van der Waals surface area contributed by atoms with Gasteiger partial charge in [-0.25, -0.2) is 0 Å². The quantitative estimate of drug-likeness (QED) is 0.561. The van der Waals surface area contributed by atoms with Crippen molar-refractivity contribution in [3.8, 4) is 0 Å². The van der Waals surface area contributed by atoms with Crippen LogP contribution in [0, 0.1) is 17.3 Å². The monoisotopic (exact) mass is 254 g/mol. The first kappa shape index (κ1) is 14.9. The summed E-state index contributed by atoms with van der Waals surface area (Å²) in [4.78, 5) is 35.0. The van der Waals surface area contributed by atoms with Gasteiger partial charge >= 0.3 is 11.9 Å². The molecule has 1 saturated carbocycles. The zero-order chi connectivity index (χ0) is 13.9. The highest BCUT2D eigenvalue weighted by molar-refractivity contribution is 5.93. The third-order valence-corrected chi connectivity index (χ3v) is 3.39. The summed E-state index contributed by atoms with van der Waals surface area (Å²) in [6.07, 6.45) is 3.22. The predicted molar refractivity (Wildman–Crippen MR) is 66.7 cm³/mol. The molecule has 1 rings (SSSR count). The van der Waals surface area contributed by atoms with Crippen molar-refractivity contribution in [2.75, 3.05) is 0 Å². The Balaban J connectivity index is 2.83. The van der Waals surface area contributed by atoms with Crippen molar-refractivity contribution in [2.45, 2.75) is 53.4 Å². The van der Waals surface area contributed by atoms with Gasteiger partial charge < -0.3 is 4.74 Å². The fraction of sp³-hybridized carbons (Fsp3) is 0.786. The summed E-state index contributed by atoms with van der Waals surface area (Å²) < 4.78 is 4.65. The van der Waals surface area contributed by atoms with Crippen molar-refractivity contribution in [3.63, 3.8) is 0 Å². The lowest BCUT2D eigenvalue weighted by atomic mass is 9.70. The number of rotatable bonds is 2. The molecule has 0 N–H and O–H groups in total. The second kappa shape index (κ2) is 5.63. The van der Waals surface area contributed by atoms with Crippen LogP contribution in [0.4, 0.5) is 0 Å². The Morgan fingerprint density at radius 1 is 1.00 bits per heavy atom. The minimum absolute atomic E-state index is 0.0905. The number of carbonyl (C=O) groups excluding carboxylic acids is 3. The van der Waals surface area contributed by atoms with E-state index >= 15 is 0 Å². The van der Waals surface area contributed by atoms with E-state index in [2.05, 4.69) is 4.74 Å². The van der Waals surface area contributed by atoms with Gasteiger partial charge in [0, 0.05) is 18.3 Å². The fourth-order valence-corrected chi connectivity index (χ4v) is 2.50. The standard InChI is InChI=1S/C14H22O4/c1-9(15)18-13(17)11-8-6-5-7-10(11)12(16)14(2,3)4/h10-11H,5-8H2,1-4H3. The third kappa shape index (κ3) is 3.65. The number of esters is 2. The van der Waals surface area contributed by atoms with Crippen LogP contribution in [-0.4, -0.2) is 17.7 Å². The van der Waals surface area contributed by atoms with Crippen LogP contribution < -0.4 is 0 Å². The van der Waals surface area contributed by atoms with Crippen LogP contribution in [0.25, 0.3) is 0 Å². The second-order valence-electron chi connectivity index (χ2n) is 6.02. The molecular formula is C14H22O4. The normalized spacial score (nSPS) is 24.4. The van der Waals surface area contributed by atoms with Crippen LogP contribution in [-0.2, 0) is 19.1 Å². The first-order valence-corrected chi connectivity index (χ1v) is 6.50. The number of hydrogen-bond donors (Lipinski definition) is 0. The summed E-state index contributed by atoms with van der Waals surface area (Å²) in [5.41, 5.74) is -0.462. The molecule has 1 aliphatic carbocycles. The molecule has 0 aliphatic heterocycles. The van der Waals surface area contributed by atoms with Gasteiger partial charge in [0.1, 0.15) is 5.78 Å². The Morgan fingerprint density at radius 2 is 1.50 bits per heavy atom. The van der Waals surface area contributed by atoms with Crippen LogP contribution in [0.1, 0.15) is 53.4 Å². The Morgan fingerprint density at radius 3 is 1.94 bits per heavy atom. The number of carbonyl (C=O) groups is 3. The summed E-state index contributed by atoms with van der Waals surface area (Å²) in [6, 6.07) is 0. The van der Waals surface area contributed by atoms with Crippen molar-refractivity contribution in [2.24, 2.45) is 17.3 Å². The second-order valence-corrected chi connectivity index (χ2v) is 6.02. The highest BCUT2D eigenvalue weighted by Gasteiger charge is 2.40. The van der Waals surface area contributed by atoms with E-state index in [-0.39, 0.29) is 11.7 Å². The van der Waals surface area contributed by atoms with Gasteiger partial charge in [-0.3, -0.25) is 14.4 Å². The maximum Gasteiger partial charge on any atom is 0.317 e. The molecule has 4 heteroatoms. The summed E-state index contributed by atoms with van der Waals surface area (Å²) in [5.74, 6) is -1.80. The summed E-state index contributed by atoms with van der Waals surface area (Å²) in [6.45, 7) is 6.78. The first-order valence-electron chi connectivity index (χ1n) is 6.50. The highest BCUT2D eigenvalue weighted by Crippen LogP contribution is 2.36. The van der Waals surface area contributed by atoms with Gasteiger partial charge in [-0.1, -0.05) is 33.6 Å². The van der Waals surface area contributed by atoms with Gasteiger partial charge in [0.15, 0.2) is 0 Å². The van der Waals surface area contributed by atoms with Gasteiger partial charge in [0.05, 0.1) is 5.92 Å². The van der Waals surface area contributed by atoms with Gasteiger partial charge in [0.2, 0.25) is 0 Å². The lowest BCUT2D eigenvalue weighted by Crippen LogP contribution is -2.39. The minimum atomic E-state index is -0.604. The maximum atomic E-state index is 12.3. The maximum absolute atomic E-state index is 12.3. The molecule has 0 aromatic carbocycles. The molecule has 2 unspecified atom stereocenters. The molecule has 102 valence electrons. The van der Waals surface area contributed by atoms with Gasteiger partial charge in [-0.2, -0.15) is 0 Å². The highest BCUT2D eigenvalue weighted by atomic mass is 16.6. The zero-order valence-corrected chi connectivity index (χ0v) is 11.6. The lowest BCUT2D eigenvalue weighted by molar-refractivity contribution is -0.165. The SMILES string of the molecule is CC(=O)OC(=O)C1CCCCC1C(=O)C(C)(C)C. The van der Waals surface area contributed by atoms with Crippen LogP contribution in [0.3, 0.4) is 0 Å². The average Bonchev–Trinajstić information content (AvgIpc) is 2.26. The molecule has 1 aliphatic rings. The van der Waals surface area contributed by atoms with E-state index in [1.54, 1.807) is 0 Å². The molecule has 0 radical (unpaired) electrons. The molecule has 0 aromatic heterocycles. The predicted octanol–water partition coefficient (Wildman–Crippen LogP) is 2.50. The van der Waals surface area contributed by atoms with Crippen molar-refractivity contribution in [1.82, 2.24) is 0 Å². The molecular weight excluding hydrogens is 232 g/mol. The van der Waals surface area contributed by atoms with Crippen LogP contribution in [0.5, 0.6) is 0 Å². The first-order chi connectivity index (χ1) is 8.23. The van der Waals surface area contributed by atoms with E-state index in [0.29, 0.717) is 12.8 Å². The summed E-state index contributed by atoms with van der Waals surface area (Å²) in [7, 11) is 0. The molecule has 0 amide bonds. The molecule has 0 heterocycles. The van der Waals surface area contributed by atoms with Crippen molar-refractivity contribution < 1.29 is 19.1 Å². The molecule has 4 nitrogen and oxygen atoms in total. The van der Waals surface area contributed by atoms with E-state index in [9.17, 15) is 14.4 Å². The van der Waals surface area contributed by atoms with Crippen LogP contribution >= 0.6 is 0 Å². The largest absolute Gasteiger partial charge is 0.393 e. The van der Waals surface area contributed by atoms with Crippen molar-refractivity contribution in [3.05, 3.63) is 0 Å². The van der Waals surface area contributed by atoms with Crippen LogP contribution in [0.2, 0.25) is 0 Å². The molecule has 0 aromatic rings. The number of hydrogen-bond acceptors (Lipinski definition) is 4. The Kier molecular flexibility index (Phi) is 4.65. The third-order valence-electron chi connectivity index (χ3n) is 3.39. The zero-order valence-electron chi connectivity index (χ0n) is 11.6. The molecule has 1 fully saturated rings. The van der Waals surface area contributed by atoms with E-state index in [1.807, 2.05) is 20.8 Å². The number of ether oxygens (including phenoxy) is 1. The van der Waals surface area contributed by atoms with E-state index in [4.69, 9.17) is 0 Å². The molecule has 0 spiro atoms. The number of Topliss-reactive ketones (excluding diaryl/α,β-unsaturated/α-hetero) is 1. The summed E-state index contributed by atoms with van der Waals surface area (Å²) in [5, 5.41) is 0. The summed E-state index contributed by atoms with van der Waals surface area (Å²) >= 11 is 0. The smallest absolute Gasteiger partial charge is 0.317 e. The van der Waals surface area contributed by atoms with Gasteiger partial charge in [0.25, 0.3) is 0 Å². The Bertz CT molecular complexity index is 351. The van der Waals surface area contributed by atoms with E-state index in [1.165, 1.54) is 6.92 Å². The van der Waals surface area contributed by atoms with Crippen molar-refractivity contribution in [1.29, 1.82) is 0 Å². The van der Waals surface area contributed by atoms with E-state index in [0.717, 1.165) is 12.8 Å². The fourth-order valence-electron chi connectivity index (χ4n) is 2.50. The minimum Gasteiger partial charge on any atom is -0.393 e. The van der Waals surface area contributed by atoms with Gasteiger partial charge in [-0.15, -0.1) is 0 Å². The Labute approximate surface area is 108 Å². The topological polar surface area (TPSA) is 60.4 Å². The lowest BCUT2D eigenvalue weighted by Gasteiger charge is -2.32.